The standard InChI is InChI=1S/C16H15ClN2O2/c17-13-4-2-11(3-5-13)15(20)8-10-1-6-14-12(7-10)9-16(21)19-18-14/h2-5,9-10H,1,6-8H2,(H,19,21). The van der Waals surface area contributed by atoms with Gasteiger partial charge in [-0.1, -0.05) is 11.6 Å². The van der Waals surface area contributed by atoms with Gasteiger partial charge in [-0.2, -0.15) is 5.10 Å². The molecule has 1 aromatic heterocycles. The van der Waals surface area contributed by atoms with Crippen LogP contribution >= 0.6 is 11.6 Å². The molecule has 4 nitrogen and oxygen atoms in total. The van der Waals surface area contributed by atoms with Crippen LogP contribution < -0.4 is 5.56 Å². The maximum Gasteiger partial charge on any atom is 0.264 e. The smallest absolute Gasteiger partial charge is 0.264 e. The van der Waals surface area contributed by atoms with Crippen LogP contribution in [0.1, 0.15) is 34.5 Å². The van der Waals surface area contributed by atoms with Crippen LogP contribution in [0.15, 0.2) is 35.1 Å². The molecule has 0 spiro atoms. The zero-order chi connectivity index (χ0) is 14.8. The fourth-order valence-corrected chi connectivity index (χ4v) is 2.93. The summed E-state index contributed by atoms with van der Waals surface area (Å²) in [6.45, 7) is 0. The van der Waals surface area contributed by atoms with Crippen molar-refractivity contribution >= 4 is 17.4 Å². The second kappa shape index (κ2) is 5.82. The summed E-state index contributed by atoms with van der Waals surface area (Å²) in [6.07, 6.45) is 2.97. The van der Waals surface area contributed by atoms with Crippen molar-refractivity contribution in [3.63, 3.8) is 0 Å². The predicted octanol–water partition coefficient (Wildman–Crippen LogP) is 2.80. The largest absolute Gasteiger partial charge is 0.294 e. The molecule has 0 saturated heterocycles. The van der Waals surface area contributed by atoms with Gasteiger partial charge in [0.25, 0.3) is 5.56 Å². The predicted molar refractivity (Wildman–Crippen MR) is 80.8 cm³/mol. The van der Waals surface area contributed by atoms with E-state index in [1.165, 1.54) is 0 Å². The zero-order valence-corrected chi connectivity index (χ0v) is 12.2. The SMILES string of the molecule is O=C(CC1CCc2n[nH]c(=O)cc2C1)c1ccc(Cl)cc1. The number of ketones is 1. The van der Waals surface area contributed by atoms with Gasteiger partial charge >= 0.3 is 0 Å². The molecule has 108 valence electrons. The number of hydrogen-bond acceptors (Lipinski definition) is 3. The van der Waals surface area contributed by atoms with E-state index >= 15 is 0 Å². The molecule has 1 aliphatic rings. The molecule has 5 heteroatoms. The van der Waals surface area contributed by atoms with Crippen molar-refractivity contribution in [3.05, 3.63) is 62.5 Å². The Hall–Kier alpha value is -1.94. The molecule has 0 fully saturated rings. The normalized spacial score (nSPS) is 17.3. The molecular weight excluding hydrogens is 288 g/mol. The van der Waals surface area contributed by atoms with Crippen LogP contribution in [-0.4, -0.2) is 16.0 Å². The van der Waals surface area contributed by atoms with E-state index in [9.17, 15) is 9.59 Å². The number of aromatic amines is 1. The highest BCUT2D eigenvalue weighted by Gasteiger charge is 2.22. The van der Waals surface area contributed by atoms with E-state index in [4.69, 9.17) is 11.6 Å². The highest BCUT2D eigenvalue weighted by atomic mass is 35.5. The fraction of sp³-hybridized carbons (Fsp3) is 0.312. The van der Waals surface area contributed by atoms with E-state index in [2.05, 4.69) is 10.2 Å². The third kappa shape index (κ3) is 3.22. The van der Waals surface area contributed by atoms with Crippen LogP contribution in [-0.2, 0) is 12.8 Å². The Bertz CT molecular complexity index is 722. The van der Waals surface area contributed by atoms with Crippen LogP contribution in [0, 0.1) is 5.92 Å². The highest BCUT2D eigenvalue weighted by Crippen LogP contribution is 2.26. The Kier molecular flexibility index (Phi) is 3.88. The maximum absolute atomic E-state index is 12.3. The molecule has 1 atom stereocenters. The number of carbonyl (C=O) groups is 1. The zero-order valence-electron chi connectivity index (χ0n) is 11.4. The van der Waals surface area contributed by atoms with E-state index < -0.39 is 0 Å². The third-order valence-corrected chi connectivity index (χ3v) is 4.17. The third-order valence-electron chi connectivity index (χ3n) is 3.92. The van der Waals surface area contributed by atoms with Crippen molar-refractivity contribution in [2.45, 2.75) is 25.7 Å². The van der Waals surface area contributed by atoms with Gasteiger partial charge in [-0.15, -0.1) is 0 Å². The number of benzene rings is 1. The van der Waals surface area contributed by atoms with Gasteiger partial charge in [0.2, 0.25) is 0 Å². The number of Topliss-reactive ketones (excluding diaryl/α,β-unsaturated/α-hetero) is 1. The van der Waals surface area contributed by atoms with Crippen LogP contribution in [0.25, 0.3) is 0 Å². The van der Waals surface area contributed by atoms with E-state index in [1.807, 2.05) is 0 Å². The van der Waals surface area contributed by atoms with Crippen LogP contribution in [0.2, 0.25) is 5.02 Å². The molecule has 21 heavy (non-hydrogen) atoms. The average molecular weight is 303 g/mol. The van der Waals surface area contributed by atoms with E-state index in [0.29, 0.717) is 17.0 Å². The summed E-state index contributed by atoms with van der Waals surface area (Å²) < 4.78 is 0. The van der Waals surface area contributed by atoms with Gasteiger partial charge < -0.3 is 0 Å². The number of H-pyrrole nitrogens is 1. The first-order valence-corrected chi connectivity index (χ1v) is 7.36. The average Bonchev–Trinajstić information content (AvgIpc) is 2.47. The summed E-state index contributed by atoms with van der Waals surface area (Å²) in [5.74, 6) is 0.391. The molecule has 1 unspecified atom stereocenters. The lowest BCUT2D eigenvalue weighted by atomic mass is 9.83. The summed E-state index contributed by atoms with van der Waals surface area (Å²) >= 11 is 5.83. The number of nitrogens with one attached hydrogen (secondary N) is 1. The minimum Gasteiger partial charge on any atom is -0.294 e. The molecule has 0 bridgehead atoms. The minimum absolute atomic E-state index is 0.123. The summed E-state index contributed by atoms with van der Waals surface area (Å²) in [6, 6.07) is 8.57. The molecule has 0 aliphatic heterocycles. The Labute approximate surface area is 127 Å². The topological polar surface area (TPSA) is 62.8 Å². The van der Waals surface area contributed by atoms with Crippen molar-refractivity contribution in [1.82, 2.24) is 10.2 Å². The van der Waals surface area contributed by atoms with Gasteiger partial charge in [-0.3, -0.25) is 9.59 Å². The first-order valence-electron chi connectivity index (χ1n) is 6.98. The lowest BCUT2D eigenvalue weighted by Crippen LogP contribution is -2.22. The Morgan fingerprint density at radius 1 is 1.33 bits per heavy atom. The Balaban J connectivity index is 1.70. The number of halogens is 1. The summed E-state index contributed by atoms with van der Waals surface area (Å²) in [4.78, 5) is 23.6. The highest BCUT2D eigenvalue weighted by molar-refractivity contribution is 6.30. The number of nitrogens with zero attached hydrogens (tertiary/aromatic N) is 1. The Morgan fingerprint density at radius 2 is 2.10 bits per heavy atom. The number of hydrogen-bond donors (Lipinski definition) is 1. The van der Waals surface area contributed by atoms with Crippen molar-refractivity contribution in [2.75, 3.05) is 0 Å². The molecular formula is C16H15ClN2O2. The van der Waals surface area contributed by atoms with Crippen molar-refractivity contribution < 1.29 is 4.79 Å². The van der Waals surface area contributed by atoms with Gasteiger partial charge in [0.1, 0.15) is 0 Å². The number of carbonyl (C=O) groups excluding carboxylic acids is 1. The first kappa shape index (κ1) is 14.0. The van der Waals surface area contributed by atoms with Crippen LogP contribution in [0.4, 0.5) is 0 Å². The quantitative estimate of drug-likeness (QED) is 0.887. The minimum atomic E-state index is -0.182. The molecule has 1 N–H and O–H groups in total. The summed E-state index contributed by atoms with van der Waals surface area (Å²) in [7, 11) is 0. The van der Waals surface area contributed by atoms with Crippen LogP contribution in [0.5, 0.6) is 0 Å². The number of aromatic nitrogens is 2. The van der Waals surface area contributed by atoms with Crippen molar-refractivity contribution in [1.29, 1.82) is 0 Å². The molecule has 0 radical (unpaired) electrons. The van der Waals surface area contributed by atoms with Crippen molar-refractivity contribution in [3.8, 4) is 0 Å². The summed E-state index contributed by atoms with van der Waals surface area (Å²) in [5.41, 5.74) is 2.43. The number of fused-ring (bicyclic) bond motifs is 1. The molecule has 2 aromatic rings. The lowest BCUT2D eigenvalue weighted by Gasteiger charge is -2.22. The summed E-state index contributed by atoms with van der Waals surface area (Å²) in [5, 5.41) is 7.15. The second-order valence-electron chi connectivity index (χ2n) is 5.45. The van der Waals surface area contributed by atoms with E-state index in [1.54, 1.807) is 30.3 Å². The van der Waals surface area contributed by atoms with Gasteiger partial charge in [-0.25, -0.2) is 5.10 Å². The Morgan fingerprint density at radius 3 is 2.86 bits per heavy atom. The van der Waals surface area contributed by atoms with E-state index in [-0.39, 0.29) is 17.3 Å². The van der Waals surface area contributed by atoms with Crippen LogP contribution in [0.3, 0.4) is 0 Å². The first-order chi connectivity index (χ1) is 10.1. The molecule has 0 amide bonds. The lowest BCUT2D eigenvalue weighted by molar-refractivity contribution is 0.0957. The van der Waals surface area contributed by atoms with E-state index in [0.717, 1.165) is 30.5 Å². The molecule has 1 heterocycles. The van der Waals surface area contributed by atoms with Gasteiger partial charge in [0.05, 0.1) is 5.69 Å². The molecule has 3 rings (SSSR count). The molecule has 1 aromatic carbocycles. The monoisotopic (exact) mass is 302 g/mol. The maximum atomic E-state index is 12.3. The number of rotatable bonds is 3. The van der Waals surface area contributed by atoms with Gasteiger partial charge in [0, 0.05) is 23.1 Å². The number of aryl methyl sites for hydroxylation is 1. The fourth-order valence-electron chi connectivity index (χ4n) is 2.81. The second-order valence-corrected chi connectivity index (χ2v) is 5.88. The van der Waals surface area contributed by atoms with Gasteiger partial charge in [0.15, 0.2) is 5.78 Å². The molecule has 1 aliphatic carbocycles. The molecule has 0 saturated carbocycles. The van der Waals surface area contributed by atoms with Gasteiger partial charge in [-0.05, 0) is 55.0 Å². The van der Waals surface area contributed by atoms with Crippen molar-refractivity contribution in [2.24, 2.45) is 5.92 Å².